The largest absolute Gasteiger partial charge is 0.268 e. The molecule has 1 aromatic carbocycles. The minimum atomic E-state index is 0.679. The molecular formula is C13H16N2S. The highest BCUT2D eigenvalue weighted by Gasteiger charge is 2.08. The molecule has 84 valence electrons. The third kappa shape index (κ3) is 2.00. The molecule has 0 unspecified atom stereocenters. The van der Waals surface area contributed by atoms with E-state index in [-0.39, 0.29) is 0 Å². The van der Waals surface area contributed by atoms with Gasteiger partial charge < -0.3 is 0 Å². The van der Waals surface area contributed by atoms with Gasteiger partial charge in [0.05, 0.1) is 11.4 Å². The number of hydrogen-bond donors (Lipinski definition) is 1. The van der Waals surface area contributed by atoms with E-state index in [1.165, 1.54) is 16.7 Å². The van der Waals surface area contributed by atoms with Crippen LogP contribution in [-0.2, 0) is 12.8 Å². The Kier molecular flexibility index (Phi) is 3.06. The molecule has 2 aromatic rings. The summed E-state index contributed by atoms with van der Waals surface area (Å²) in [6, 6.07) is 8.59. The third-order valence-corrected chi connectivity index (χ3v) is 3.09. The van der Waals surface area contributed by atoms with Crippen LogP contribution in [0.3, 0.4) is 0 Å². The van der Waals surface area contributed by atoms with E-state index in [0.717, 1.165) is 11.4 Å². The van der Waals surface area contributed by atoms with Crippen molar-refractivity contribution in [3.8, 4) is 11.3 Å². The molecule has 2 rings (SSSR count). The molecule has 0 saturated carbocycles. The van der Waals surface area contributed by atoms with Crippen LogP contribution in [-0.4, -0.2) is 9.78 Å². The molecule has 0 amide bonds. The number of benzene rings is 1. The first kappa shape index (κ1) is 11.3. The van der Waals surface area contributed by atoms with E-state index >= 15 is 0 Å². The molecule has 2 nitrogen and oxygen atoms in total. The lowest BCUT2D eigenvalue weighted by Gasteiger charge is -2.07. The highest BCUT2D eigenvalue weighted by Crippen LogP contribution is 2.25. The second-order valence-corrected chi connectivity index (χ2v) is 4.44. The molecule has 3 heteroatoms. The number of thiol groups is 1. The Balaban J connectivity index is 2.57. The second kappa shape index (κ2) is 4.34. The predicted molar refractivity (Wildman–Crippen MR) is 70.8 cm³/mol. The maximum atomic E-state index is 4.42. The molecule has 0 aliphatic carbocycles. The molecule has 0 fully saturated rings. The summed E-state index contributed by atoms with van der Waals surface area (Å²) in [6.45, 7) is 4.24. The van der Waals surface area contributed by atoms with Gasteiger partial charge in [-0.25, -0.2) is 0 Å². The molecule has 0 spiro atoms. The third-order valence-electron chi connectivity index (χ3n) is 2.76. The molecule has 1 heterocycles. The lowest BCUT2D eigenvalue weighted by molar-refractivity contribution is 0.762. The number of rotatable bonds is 2. The summed E-state index contributed by atoms with van der Waals surface area (Å²) in [7, 11) is 1.98. The van der Waals surface area contributed by atoms with Crippen molar-refractivity contribution in [2.45, 2.75) is 19.6 Å². The molecular weight excluding hydrogens is 216 g/mol. The van der Waals surface area contributed by atoms with E-state index in [4.69, 9.17) is 0 Å². The van der Waals surface area contributed by atoms with E-state index in [9.17, 15) is 0 Å². The molecule has 0 aliphatic rings. The molecule has 0 atom stereocenters. The van der Waals surface area contributed by atoms with Gasteiger partial charge in [0.15, 0.2) is 0 Å². The second-order valence-electron chi connectivity index (χ2n) is 4.12. The lowest BCUT2D eigenvalue weighted by Crippen LogP contribution is -1.95. The van der Waals surface area contributed by atoms with E-state index in [0.29, 0.717) is 5.75 Å². The monoisotopic (exact) mass is 232 g/mol. The van der Waals surface area contributed by atoms with Gasteiger partial charge in [0.2, 0.25) is 0 Å². The summed E-state index contributed by atoms with van der Waals surface area (Å²) in [6.07, 6.45) is 0. The van der Waals surface area contributed by atoms with Crippen molar-refractivity contribution in [2.24, 2.45) is 7.05 Å². The molecule has 0 bridgehead atoms. The number of aromatic nitrogens is 2. The quantitative estimate of drug-likeness (QED) is 0.788. The summed E-state index contributed by atoms with van der Waals surface area (Å²) < 4.78 is 1.92. The topological polar surface area (TPSA) is 17.8 Å². The minimum absolute atomic E-state index is 0.679. The Morgan fingerprint density at radius 2 is 2.00 bits per heavy atom. The lowest BCUT2D eigenvalue weighted by atomic mass is 10.0. The normalized spacial score (nSPS) is 10.8. The molecule has 0 radical (unpaired) electrons. The zero-order chi connectivity index (χ0) is 11.7. The molecule has 1 aromatic heterocycles. The van der Waals surface area contributed by atoms with Crippen LogP contribution in [0, 0.1) is 13.8 Å². The van der Waals surface area contributed by atoms with E-state index in [1.807, 2.05) is 11.7 Å². The van der Waals surface area contributed by atoms with Crippen molar-refractivity contribution in [3.05, 3.63) is 41.1 Å². The van der Waals surface area contributed by atoms with Gasteiger partial charge in [-0.3, -0.25) is 4.68 Å². The van der Waals surface area contributed by atoms with Gasteiger partial charge in [0, 0.05) is 18.4 Å². The Bertz CT molecular complexity index is 515. The number of hydrogen-bond acceptors (Lipinski definition) is 2. The van der Waals surface area contributed by atoms with Crippen LogP contribution < -0.4 is 0 Å². The van der Waals surface area contributed by atoms with Crippen LogP contribution in [0.5, 0.6) is 0 Å². The van der Waals surface area contributed by atoms with Crippen LogP contribution in [0.25, 0.3) is 11.3 Å². The summed E-state index contributed by atoms with van der Waals surface area (Å²) in [5.74, 6) is 0.679. The summed E-state index contributed by atoms with van der Waals surface area (Å²) in [5, 5.41) is 4.42. The van der Waals surface area contributed by atoms with E-state index in [1.54, 1.807) is 0 Å². The van der Waals surface area contributed by atoms with Gasteiger partial charge >= 0.3 is 0 Å². The van der Waals surface area contributed by atoms with Crippen LogP contribution in [0.4, 0.5) is 0 Å². The van der Waals surface area contributed by atoms with Gasteiger partial charge in [0.25, 0.3) is 0 Å². The number of aryl methyl sites for hydroxylation is 3. The first-order chi connectivity index (χ1) is 7.61. The fraction of sp³-hybridized carbons (Fsp3) is 0.308. The van der Waals surface area contributed by atoms with Crippen LogP contribution in [0.2, 0.25) is 0 Å². The fourth-order valence-electron chi connectivity index (χ4n) is 1.87. The Morgan fingerprint density at radius 1 is 1.25 bits per heavy atom. The van der Waals surface area contributed by atoms with Gasteiger partial charge in [-0.2, -0.15) is 17.7 Å². The SMILES string of the molecule is Cc1ccc(C)c(-c2cc(CS)nn2C)c1. The molecule has 0 N–H and O–H groups in total. The van der Waals surface area contributed by atoms with Gasteiger partial charge in [-0.1, -0.05) is 17.7 Å². The highest BCUT2D eigenvalue weighted by molar-refractivity contribution is 7.79. The van der Waals surface area contributed by atoms with Crippen LogP contribution >= 0.6 is 12.6 Å². The molecule has 0 saturated heterocycles. The molecule has 0 aliphatic heterocycles. The van der Waals surface area contributed by atoms with Gasteiger partial charge in [-0.05, 0) is 31.5 Å². The smallest absolute Gasteiger partial charge is 0.0727 e. The zero-order valence-electron chi connectivity index (χ0n) is 9.86. The molecule has 16 heavy (non-hydrogen) atoms. The van der Waals surface area contributed by atoms with E-state index in [2.05, 4.69) is 55.8 Å². The van der Waals surface area contributed by atoms with Crippen molar-refractivity contribution in [2.75, 3.05) is 0 Å². The fourth-order valence-corrected chi connectivity index (χ4v) is 2.02. The average molecular weight is 232 g/mol. The average Bonchev–Trinajstić information content (AvgIpc) is 2.63. The van der Waals surface area contributed by atoms with Crippen molar-refractivity contribution >= 4 is 12.6 Å². The van der Waals surface area contributed by atoms with E-state index < -0.39 is 0 Å². The standard InChI is InChI=1S/C13H16N2S/c1-9-4-5-10(2)12(6-9)13-7-11(8-16)14-15(13)3/h4-7,16H,8H2,1-3H3. The maximum absolute atomic E-state index is 4.42. The van der Waals surface area contributed by atoms with Crippen LogP contribution in [0.15, 0.2) is 24.3 Å². The Hall–Kier alpha value is -1.22. The zero-order valence-corrected chi connectivity index (χ0v) is 10.8. The number of nitrogens with zero attached hydrogens (tertiary/aromatic N) is 2. The summed E-state index contributed by atoms with van der Waals surface area (Å²) in [5.41, 5.74) is 5.98. The summed E-state index contributed by atoms with van der Waals surface area (Å²) >= 11 is 4.25. The predicted octanol–water partition coefficient (Wildman–Crippen LogP) is 3.13. The highest BCUT2D eigenvalue weighted by atomic mass is 32.1. The maximum Gasteiger partial charge on any atom is 0.0727 e. The Morgan fingerprint density at radius 3 is 2.62 bits per heavy atom. The first-order valence-corrected chi connectivity index (χ1v) is 5.96. The van der Waals surface area contributed by atoms with Gasteiger partial charge in [-0.15, -0.1) is 0 Å². The van der Waals surface area contributed by atoms with Crippen molar-refractivity contribution in [1.29, 1.82) is 0 Å². The summed E-state index contributed by atoms with van der Waals surface area (Å²) in [4.78, 5) is 0. The van der Waals surface area contributed by atoms with Gasteiger partial charge in [0.1, 0.15) is 0 Å². The van der Waals surface area contributed by atoms with Crippen LogP contribution in [0.1, 0.15) is 16.8 Å². The minimum Gasteiger partial charge on any atom is -0.268 e. The van der Waals surface area contributed by atoms with Crippen molar-refractivity contribution in [3.63, 3.8) is 0 Å². The first-order valence-electron chi connectivity index (χ1n) is 5.33. The van der Waals surface area contributed by atoms with Crippen molar-refractivity contribution in [1.82, 2.24) is 9.78 Å². The Labute approximate surface area is 102 Å². The van der Waals surface area contributed by atoms with Crippen molar-refractivity contribution < 1.29 is 0 Å².